The fourth-order valence-electron chi connectivity index (χ4n) is 1.57. The molecule has 0 aliphatic carbocycles. The molecule has 0 amide bonds. The zero-order chi connectivity index (χ0) is 14.0. The molecule has 4 nitrogen and oxygen atoms in total. The molecule has 102 valence electrons. The number of halogens is 3. The SMILES string of the molecule is CC(C)NCc1cnnn1-c1ccc(F)c(F)c1F. The topological polar surface area (TPSA) is 42.7 Å². The third-order valence-electron chi connectivity index (χ3n) is 2.55. The Morgan fingerprint density at radius 1 is 1.21 bits per heavy atom. The van der Waals surface area contributed by atoms with Gasteiger partial charge in [-0.05, 0) is 12.1 Å². The summed E-state index contributed by atoms with van der Waals surface area (Å²) in [5.41, 5.74) is 0.385. The number of nitrogens with one attached hydrogen (secondary N) is 1. The maximum atomic E-state index is 13.7. The van der Waals surface area contributed by atoms with Crippen LogP contribution < -0.4 is 5.32 Å². The quantitative estimate of drug-likeness (QED) is 0.866. The molecule has 2 rings (SSSR count). The third kappa shape index (κ3) is 2.76. The summed E-state index contributed by atoms with van der Waals surface area (Å²) in [5.74, 6) is -4.03. The highest BCUT2D eigenvalue weighted by atomic mass is 19.2. The maximum absolute atomic E-state index is 13.7. The van der Waals surface area contributed by atoms with Gasteiger partial charge >= 0.3 is 0 Å². The monoisotopic (exact) mass is 270 g/mol. The lowest BCUT2D eigenvalue weighted by atomic mass is 10.2. The standard InChI is InChI=1S/C12H13F3N4/c1-7(2)16-5-8-6-17-18-19(8)10-4-3-9(13)11(14)12(10)15/h3-4,6-7,16H,5H2,1-2H3. The highest BCUT2D eigenvalue weighted by molar-refractivity contribution is 5.35. The highest BCUT2D eigenvalue weighted by Crippen LogP contribution is 2.19. The lowest BCUT2D eigenvalue weighted by Gasteiger charge is -2.10. The summed E-state index contributed by atoms with van der Waals surface area (Å²) in [7, 11) is 0. The van der Waals surface area contributed by atoms with Crippen LogP contribution in [0.25, 0.3) is 5.69 Å². The molecule has 0 unspecified atom stereocenters. The van der Waals surface area contributed by atoms with Gasteiger partial charge in [-0.1, -0.05) is 19.1 Å². The molecule has 2 aromatic rings. The van der Waals surface area contributed by atoms with E-state index in [4.69, 9.17) is 0 Å². The third-order valence-corrected chi connectivity index (χ3v) is 2.55. The summed E-state index contributed by atoms with van der Waals surface area (Å²) in [6.45, 7) is 4.29. The molecule has 1 heterocycles. The first-order valence-corrected chi connectivity index (χ1v) is 5.77. The number of hydrogen-bond acceptors (Lipinski definition) is 3. The van der Waals surface area contributed by atoms with Crippen molar-refractivity contribution in [3.8, 4) is 5.69 Å². The molecule has 0 aliphatic rings. The van der Waals surface area contributed by atoms with Crippen LogP contribution >= 0.6 is 0 Å². The molecule has 0 bridgehead atoms. The second-order valence-corrected chi connectivity index (χ2v) is 4.37. The molecule has 0 fully saturated rings. The number of hydrogen-bond donors (Lipinski definition) is 1. The van der Waals surface area contributed by atoms with Gasteiger partial charge in [-0.15, -0.1) is 5.10 Å². The van der Waals surface area contributed by atoms with Crippen LogP contribution in [0.5, 0.6) is 0 Å². The largest absolute Gasteiger partial charge is 0.309 e. The van der Waals surface area contributed by atoms with Crippen molar-refractivity contribution in [1.82, 2.24) is 20.3 Å². The summed E-state index contributed by atoms with van der Waals surface area (Å²) < 4.78 is 40.9. The van der Waals surface area contributed by atoms with Gasteiger partial charge in [0.05, 0.1) is 11.9 Å². The van der Waals surface area contributed by atoms with Crippen molar-refractivity contribution >= 4 is 0 Å². The first-order valence-electron chi connectivity index (χ1n) is 5.77. The molecule has 0 saturated carbocycles. The molecule has 19 heavy (non-hydrogen) atoms. The predicted octanol–water partition coefficient (Wildman–Crippen LogP) is 2.18. The van der Waals surface area contributed by atoms with E-state index in [1.807, 2.05) is 13.8 Å². The second kappa shape index (κ2) is 5.40. The minimum atomic E-state index is -1.52. The Balaban J connectivity index is 2.37. The average molecular weight is 270 g/mol. The number of nitrogens with zero attached hydrogens (tertiary/aromatic N) is 3. The maximum Gasteiger partial charge on any atom is 0.196 e. The van der Waals surface area contributed by atoms with E-state index in [9.17, 15) is 13.2 Å². The summed E-state index contributed by atoms with van der Waals surface area (Å²) in [5, 5.41) is 10.5. The van der Waals surface area contributed by atoms with Gasteiger partial charge in [0.1, 0.15) is 5.69 Å². The van der Waals surface area contributed by atoms with Gasteiger partial charge < -0.3 is 5.32 Å². The van der Waals surface area contributed by atoms with Crippen LogP contribution in [0.2, 0.25) is 0 Å². The zero-order valence-corrected chi connectivity index (χ0v) is 10.5. The van der Waals surface area contributed by atoms with Crippen LogP contribution in [-0.4, -0.2) is 21.0 Å². The lowest BCUT2D eigenvalue weighted by molar-refractivity contribution is 0.441. The van der Waals surface area contributed by atoms with Crippen molar-refractivity contribution in [2.45, 2.75) is 26.4 Å². The summed E-state index contributed by atoms with van der Waals surface area (Å²) >= 11 is 0. The van der Waals surface area contributed by atoms with E-state index in [-0.39, 0.29) is 11.7 Å². The number of aromatic nitrogens is 3. The minimum Gasteiger partial charge on any atom is -0.309 e. The van der Waals surface area contributed by atoms with Gasteiger partial charge in [0.25, 0.3) is 0 Å². The van der Waals surface area contributed by atoms with Gasteiger partial charge in [0, 0.05) is 12.6 Å². The number of benzene rings is 1. The molecule has 0 aliphatic heterocycles. The Morgan fingerprint density at radius 2 is 1.95 bits per heavy atom. The Kier molecular flexibility index (Phi) is 3.84. The van der Waals surface area contributed by atoms with Crippen molar-refractivity contribution in [1.29, 1.82) is 0 Å². The van der Waals surface area contributed by atoms with Crippen molar-refractivity contribution in [2.75, 3.05) is 0 Å². The zero-order valence-electron chi connectivity index (χ0n) is 10.5. The minimum absolute atomic E-state index is 0.169. The lowest BCUT2D eigenvalue weighted by Crippen LogP contribution is -2.23. The molecule has 0 saturated heterocycles. The molecule has 1 aromatic carbocycles. The van der Waals surface area contributed by atoms with E-state index in [2.05, 4.69) is 15.6 Å². The number of rotatable bonds is 4. The van der Waals surface area contributed by atoms with Crippen LogP contribution in [0.3, 0.4) is 0 Å². The van der Waals surface area contributed by atoms with Crippen molar-refractivity contribution in [3.63, 3.8) is 0 Å². The summed E-state index contributed by atoms with van der Waals surface area (Å²) in [6.07, 6.45) is 1.44. The Morgan fingerprint density at radius 3 is 2.63 bits per heavy atom. The van der Waals surface area contributed by atoms with Crippen molar-refractivity contribution in [3.05, 3.63) is 41.5 Å². The normalized spacial score (nSPS) is 11.3. The fourth-order valence-corrected chi connectivity index (χ4v) is 1.57. The molecular weight excluding hydrogens is 257 g/mol. The van der Waals surface area contributed by atoms with Gasteiger partial charge in [-0.25, -0.2) is 17.9 Å². The van der Waals surface area contributed by atoms with Crippen molar-refractivity contribution < 1.29 is 13.2 Å². The van der Waals surface area contributed by atoms with Gasteiger partial charge in [-0.3, -0.25) is 0 Å². The smallest absolute Gasteiger partial charge is 0.196 e. The van der Waals surface area contributed by atoms with Gasteiger partial charge in [0.15, 0.2) is 17.5 Å². The van der Waals surface area contributed by atoms with Crippen LogP contribution in [0.1, 0.15) is 19.5 Å². The first-order chi connectivity index (χ1) is 9.00. The molecule has 7 heteroatoms. The van der Waals surface area contributed by atoms with Crippen molar-refractivity contribution in [2.24, 2.45) is 0 Å². The first kappa shape index (κ1) is 13.5. The summed E-state index contributed by atoms with van der Waals surface area (Å²) in [6, 6.07) is 2.20. The van der Waals surface area contributed by atoms with E-state index in [0.717, 1.165) is 16.8 Å². The molecule has 1 N–H and O–H groups in total. The molecule has 0 radical (unpaired) electrons. The van der Waals surface area contributed by atoms with E-state index in [0.29, 0.717) is 12.2 Å². The Labute approximate surface area is 108 Å². The molecule has 1 aromatic heterocycles. The molecular formula is C12H13F3N4. The Bertz CT molecular complexity index is 580. The predicted molar refractivity (Wildman–Crippen MR) is 63.2 cm³/mol. The van der Waals surface area contributed by atoms with Gasteiger partial charge in [-0.2, -0.15) is 0 Å². The van der Waals surface area contributed by atoms with Gasteiger partial charge in [0.2, 0.25) is 0 Å². The fraction of sp³-hybridized carbons (Fsp3) is 0.333. The van der Waals surface area contributed by atoms with Crippen LogP contribution in [0, 0.1) is 17.5 Å². The van der Waals surface area contributed by atoms with Crippen LogP contribution in [0.4, 0.5) is 13.2 Å². The molecule has 0 atom stereocenters. The van der Waals surface area contributed by atoms with E-state index in [1.54, 1.807) is 0 Å². The average Bonchev–Trinajstić information content (AvgIpc) is 2.82. The Hall–Kier alpha value is -1.89. The van der Waals surface area contributed by atoms with E-state index in [1.165, 1.54) is 6.20 Å². The highest BCUT2D eigenvalue weighted by Gasteiger charge is 2.17. The van der Waals surface area contributed by atoms with Crippen LogP contribution in [-0.2, 0) is 6.54 Å². The van der Waals surface area contributed by atoms with Crippen LogP contribution in [0.15, 0.2) is 18.3 Å². The second-order valence-electron chi connectivity index (χ2n) is 4.37. The van der Waals surface area contributed by atoms with E-state index >= 15 is 0 Å². The molecule has 0 spiro atoms. The van der Waals surface area contributed by atoms with E-state index < -0.39 is 17.5 Å². The summed E-state index contributed by atoms with van der Waals surface area (Å²) in [4.78, 5) is 0.